The van der Waals surface area contributed by atoms with Crippen molar-refractivity contribution in [1.29, 1.82) is 0 Å². The van der Waals surface area contributed by atoms with Crippen LogP contribution in [0.4, 0.5) is 13.2 Å². The minimum Gasteiger partial charge on any atom is -0.329 e. The summed E-state index contributed by atoms with van der Waals surface area (Å²) in [4.78, 5) is 18.4. The van der Waals surface area contributed by atoms with Gasteiger partial charge in [-0.3, -0.25) is 4.79 Å². The lowest BCUT2D eigenvalue weighted by molar-refractivity contribution is -0.159. The number of carbonyl (C=O) groups is 1. The van der Waals surface area contributed by atoms with Crippen LogP contribution >= 0.6 is 0 Å². The van der Waals surface area contributed by atoms with Gasteiger partial charge in [-0.05, 0) is 17.2 Å². The van der Waals surface area contributed by atoms with Crippen LogP contribution in [0.5, 0.6) is 0 Å². The number of amides is 1. The van der Waals surface area contributed by atoms with E-state index in [-0.39, 0.29) is 23.7 Å². The minimum atomic E-state index is -4.71. The molecule has 0 bridgehead atoms. The first-order valence-electron chi connectivity index (χ1n) is 9.52. The van der Waals surface area contributed by atoms with Crippen molar-refractivity contribution in [3.63, 3.8) is 0 Å². The topological polar surface area (TPSA) is 71.3 Å². The highest BCUT2D eigenvalue weighted by atomic mass is 19.4. The fraction of sp³-hybridized carbons (Fsp3) is 0.286. The molecule has 0 spiro atoms. The van der Waals surface area contributed by atoms with E-state index < -0.39 is 12.1 Å². The quantitative estimate of drug-likeness (QED) is 0.711. The number of rotatable bonds is 3. The average molecular weight is 414 g/mol. The van der Waals surface area contributed by atoms with Crippen LogP contribution in [0.15, 0.2) is 53.1 Å². The minimum absolute atomic E-state index is 0.00208. The van der Waals surface area contributed by atoms with E-state index in [2.05, 4.69) is 32.1 Å². The standard InChI is InChI=1S/C21H17F3N4O2/c22-21(23,24)20-26-18(27-30-20)13-6-7-14-11-28(19(29)15(14)8-13)17-10-25-9-16(17)12-4-2-1-3-5-12/h1-8,16-17,25H,9-11H2/t16-,17+/m1/s1. The Bertz CT molecular complexity index is 1100. The third kappa shape index (κ3) is 3.15. The van der Waals surface area contributed by atoms with Crippen LogP contribution in [-0.4, -0.2) is 40.1 Å². The monoisotopic (exact) mass is 414 g/mol. The molecule has 3 heterocycles. The Labute approximate surface area is 169 Å². The third-order valence-corrected chi connectivity index (χ3v) is 5.68. The number of nitrogens with zero attached hydrogens (tertiary/aromatic N) is 3. The molecule has 2 atom stereocenters. The van der Waals surface area contributed by atoms with Gasteiger partial charge in [0.05, 0.1) is 6.04 Å². The molecule has 0 unspecified atom stereocenters. The Morgan fingerprint density at radius 1 is 1.10 bits per heavy atom. The summed E-state index contributed by atoms with van der Waals surface area (Å²) < 4.78 is 42.5. The summed E-state index contributed by atoms with van der Waals surface area (Å²) in [6.07, 6.45) is -4.71. The van der Waals surface area contributed by atoms with Gasteiger partial charge < -0.3 is 14.7 Å². The van der Waals surface area contributed by atoms with Gasteiger partial charge in [0.1, 0.15) is 0 Å². The molecule has 1 amide bonds. The first-order valence-corrected chi connectivity index (χ1v) is 9.52. The van der Waals surface area contributed by atoms with Crippen LogP contribution in [0.2, 0.25) is 0 Å². The number of hydrogen-bond donors (Lipinski definition) is 1. The van der Waals surface area contributed by atoms with Crippen molar-refractivity contribution in [3.05, 3.63) is 71.1 Å². The van der Waals surface area contributed by atoms with E-state index in [0.717, 1.165) is 12.1 Å². The van der Waals surface area contributed by atoms with E-state index in [0.29, 0.717) is 24.2 Å². The normalized spacial score (nSPS) is 21.3. The van der Waals surface area contributed by atoms with Crippen molar-refractivity contribution >= 4 is 5.91 Å². The second-order valence-corrected chi connectivity index (χ2v) is 7.47. The van der Waals surface area contributed by atoms with E-state index in [1.807, 2.05) is 23.1 Å². The van der Waals surface area contributed by atoms with Gasteiger partial charge in [0, 0.05) is 36.7 Å². The molecule has 2 aliphatic rings. The number of fused-ring (bicyclic) bond motifs is 1. The zero-order chi connectivity index (χ0) is 20.9. The Morgan fingerprint density at radius 2 is 1.90 bits per heavy atom. The predicted molar refractivity (Wildman–Crippen MR) is 100 cm³/mol. The summed E-state index contributed by atoms with van der Waals surface area (Å²) in [6.45, 7) is 1.93. The molecular formula is C21H17F3N4O2. The fourth-order valence-corrected chi connectivity index (χ4v) is 4.22. The van der Waals surface area contributed by atoms with E-state index in [4.69, 9.17) is 0 Å². The van der Waals surface area contributed by atoms with E-state index in [9.17, 15) is 18.0 Å². The number of halogens is 3. The molecule has 154 valence electrons. The molecule has 30 heavy (non-hydrogen) atoms. The molecule has 2 aromatic carbocycles. The van der Waals surface area contributed by atoms with Crippen molar-refractivity contribution in [2.24, 2.45) is 0 Å². The highest BCUT2D eigenvalue weighted by Gasteiger charge is 2.41. The molecule has 0 radical (unpaired) electrons. The molecule has 2 aliphatic heterocycles. The average Bonchev–Trinajstić information content (AvgIpc) is 3.47. The van der Waals surface area contributed by atoms with Crippen LogP contribution in [0.25, 0.3) is 11.4 Å². The molecule has 5 rings (SSSR count). The number of benzene rings is 2. The second kappa shape index (κ2) is 6.94. The van der Waals surface area contributed by atoms with Crippen molar-refractivity contribution in [2.45, 2.75) is 24.7 Å². The molecular weight excluding hydrogens is 397 g/mol. The van der Waals surface area contributed by atoms with Crippen LogP contribution in [0, 0.1) is 0 Å². The molecule has 0 aliphatic carbocycles. The lowest BCUT2D eigenvalue weighted by atomic mass is 9.93. The smallest absolute Gasteiger partial charge is 0.329 e. The van der Waals surface area contributed by atoms with Crippen LogP contribution in [0.3, 0.4) is 0 Å². The molecule has 1 N–H and O–H groups in total. The first kappa shape index (κ1) is 18.8. The second-order valence-electron chi connectivity index (χ2n) is 7.47. The molecule has 9 heteroatoms. The maximum absolute atomic E-state index is 13.2. The first-order chi connectivity index (χ1) is 14.4. The SMILES string of the molecule is O=C1c2cc(-c3noc(C(F)(F)F)n3)ccc2CN1[C@H]1CNC[C@@H]1c1ccccc1. The van der Waals surface area contributed by atoms with Gasteiger partial charge in [-0.1, -0.05) is 47.6 Å². The Morgan fingerprint density at radius 3 is 2.63 bits per heavy atom. The van der Waals surface area contributed by atoms with E-state index in [1.54, 1.807) is 18.2 Å². The van der Waals surface area contributed by atoms with Crippen molar-refractivity contribution in [3.8, 4) is 11.4 Å². The summed E-state index contributed by atoms with van der Waals surface area (Å²) in [5.74, 6) is -1.56. The van der Waals surface area contributed by atoms with Gasteiger partial charge in [-0.25, -0.2) is 0 Å². The number of nitrogens with one attached hydrogen (secondary N) is 1. The van der Waals surface area contributed by atoms with Gasteiger partial charge in [-0.15, -0.1) is 0 Å². The molecule has 1 saturated heterocycles. The van der Waals surface area contributed by atoms with Gasteiger partial charge in [0.2, 0.25) is 5.82 Å². The van der Waals surface area contributed by atoms with Gasteiger partial charge in [0.25, 0.3) is 5.91 Å². The molecule has 0 saturated carbocycles. The predicted octanol–water partition coefficient (Wildman–Crippen LogP) is 3.47. The lowest BCUT2D eigenvalue weighted by Crippen LogP contribution is -2.40. The van der Waals surface area contributed by atoms with Gasteiger partial charge >= 0.3 is 12.1 Å². The van der Waals surface area contributed by atoms with Crippen molar-refractivity contribution in [1.82, 2.24) is 20.4 Å². The highest BCUT2D eigenvalue weighted by molar-refractivity contribution is 5.99. The van der Waals surface area contributed by atoms with E-state index >= 15 is 0 Å². The summed E-state index contributed by atoms with van der Waals surface area (Å²) in [6, 6.07) is 14.9. The van der Waals surface area contributed by atoms with Crippen molar-refractivity contribution in [2.75, 3.05) is 13.1 Å². The largest absolute Gasteiger partial charge is 0.471 e. The fourth-order valence-electron chi connectivity index (χ4n) is 4.22. The maximum Gasteiger partial charge on any atom is 0.471 e. The third-order valence-electron chi connectivity index (χ3n) is 5.68. The summed E-state index contributed by atoms with van der Waals surface area (Å²) >= 11 is 0. The Kier molecular flexibility index (Phi) is 4.35. The highest BCUT2D eigenvalue weighted by Crippen LogP contribution is 2.35. The van der Waals surface area contributed by atoms with Crippen LogP contribution in [-0.2, 0) is 12.7 Å². The van der Waals surface area contributed by atoms with Gasteiger partial charge in [0.15, 0.2) is 0 Å². The molecule has 6 nitrogen and oxygen atoms in total. The number of alkyl halides is 3. The zero-order valence-electron chi connectivity index (χ0n) is 15.7. The van der Waals surface area contributed by atoms with Crippen LogP contribution < -0.4 is 5.32 Å². The van der Waals surface area contributed by atoms with Crippen LogP contribution in [0.1, 0.15) is 33.3 Å². The summed E-state index contributed by atoms with van der Waals surface area (Å²) in [7, 11) is 0. The number of hydrogen-bond acceptors (Lipinski definition) is 5. The molecule has 3 aromatic rings. The van der Waals surface area contributed by atoms with Gasteiger partial charge in [-0.2, -0.15) is 18.2 Å². The summed E-state index contributed by atoms with van der Waals surface area (Å²) in [5, 5.41) is 6.78. The Balaban J connectivity index is 1.42. The number of carbonyl (C=O) groups excluding carboxylic acids is 1. The molecule has 1 fully saturated rings. The van der Waals surface area contributed by atoms with Crippen molar-refractivity contribution < 1.29 is 22.5 Å². The lowest BCUT2D eigenvalue weighted by Gasteiger charge is -2.29. The molecule has 1 aromatic heterocycles. The Hall–Kier alpha value is -3.20. The zero-order valence-corrected chi connectivity index (χ0v) is 15.7. The summed E-state index contributed by atoms with van der Waals surface area (Å²) in [5.41, 5.74) is 2.78. The van der Waals surface area contributed by atoms with E-state index in [1.165, 1.54) is 5.56 Å². The number of aromatic nitrogens is 2. The maximum atomic E-state index is 13.2.